The highest BCUT2D eigenvalue weighted by Crippen LogP contribution is 2.36. The van der Waals surface area contributed by atoms with E-state index in [0.717, 1.165) is 16.7 Å². The largest absolute Gasteiger partial charge is 0.634 e. The minimum atomic E-state index is -0.169. The maximum Gasteiger partial charge on any atom is 0.117 e. The van der Waals surface area contributed by atoms with Gasteiger partial charge in [-0.3, -0.25) is 0 Å². The highest BCUT2D eigenvalue weighted by atomic mass is 35.5. The van der Waals surface area contributed by atoms with Gasteiger partial charge in [0.2, 0.25) is 0 Å². The summed E-state index contributed by atoms with van der Waals surface area (Å²) in [5, 5.41) is 13.2. The van der Waals surface area contributed by atoms with Crippen molar-refractivity contribution in [1.82, 2.24) is 0 Å². The molecule has 108 valence electrons. The standard InChI is InChI=1S/C17H15Cl2NO/c1-20(21)16-9-7-11-4-2-3-5-13(11)17(16)12-6-8-14(18)15(19)10-12/h2-10,16-17,20H,1H3. The normalized spacial score (nSPS) is 21.9. The smallest absolute Gasteiger partial charge is 0.117 e. The highest BCUT2D eigenvalue weighted by molar-refractivity contribution is 6.42. The lowest BCUT2D eigenvalue weighted by Crippen LogP contribution is -3.08. The predicted octanol–water partition coefficient (Wildman–Crippen LogP) is 3.53. The lowest BCUT2D eigenvalue weighted by molar-refractivity contribution is -0.848. The van der Waals surface area contributed by atoms with Gasteiger partial charge < -0.3 is 10.3 Å². The van der Waals surface area contributed by atoms with E-state index in [9.17, 15) is 5.21 Å². The fraction of sp³-hybridized carbons (Fsp3) is 0.176. The van der Waals surface area contributed by atoms with E-state index < -0.39 is 0 Å². The molecule has 0 heterocycles. The molecule has 3 unspecified atom stereocenters. The van der Waals surface area contributed by atoms with Crippen LogP contribution in [0.3, 0.4) is 0 Å². The first-order chi connectivity index (χ1) is 10.1. The number of hydroxylamine groups is 2. The molecule has 0 saturated carbocycles. The average Bonchev–Trinajstić information content (AvgIpc) is 2.49. The summed E-state index contributed by atoms with van der Waals surface area (Å²) in [6.45, 7) is 0. The van der Waals surface area contributed by atoms with Crippen LogP contribution >= 0.6 is 23.2 Å². The van der Waals surface area contributed by atoms with E-state index in [1.807, 2.05) is 36.4 Å². The van der Waals surface area contributed by atoms with Gasteiger partial charge in [-0.1, -0.05) is 59.6 Å². The topological polar surface area (TPSA) is 27.5 Å². The number of hydrogen-bond acceptors (Lipinski definition) is 1. The second-order valence-electron chi connectivity index (χ2n) is 5.28. The van der Waals surface area contributed by atoms with Gasteiger partial charge in [-0.25, -0.2) is 0 Å². The van der Waals surface area contributed by atoms with Crippen molar-refractivity contribution in [1.29, 1.82) is 0 Å². The van der Waals surface area contributed by atoms with Crippen LogP contribution in [-0.4, -0.2) is 13.1 Å². The number of fused-ring (bicyclic) bond motifs is 1. The van der Waals surface area contributed by atoms with E-state index in [1.54, 1.807) is 13.1 Å². The number of nitrogens with one attached hydrogen (secondary N) is 1. The lowest BCUT2D eigenvalue weighted by atomic mass is 9.79. The quantitative estimate of drug-likeness (QED) is 0.842. The Kier molecular flexibility index (Phi) is 4.05. The summed E-state index contributed by atoms with van der Waals surface area (Å²) in [7, 11) is 1.63. The van der Waals surface area contributed by atoms with Crippen molar-refractivity contribution in [2.24, 2.45) is 0 Å². The third kappa shape index (κ3) is 2.72. The van der Waals surface area contributed by atoms with Crippen LogP contribution in [0, 0.1) is 5.21 Å². The van der Waals surface area contributed by atoms with Crippen molar-refractivity contribution < 1.29 is 5.06 Å². The van der Waals surface area contributed by atoms with Gasteiger partial charge in [0.15, 0.2) is 0 Å². The average molecular weight is 320 g/mol. The minimum Gasteiger partial charge on any atom is -0.634 e. The van der Waals surface area contributed by atoms with Crippen molar-refractivity contribution in [2.75, 3.05) is 7.05 Å². The zero-order chi connectivity index (χ0) is 15.0. The second kappa shape index (κ2) is 5.82. The van der Waals surface area contributed by atoms with Gasteiger partial charge in [0.1, 0.15) is 6.04 Å². The van der Waals surface area contributed by atoms with Crippen molar-refractivity contribution >= 4 is 29.3 Å². The Morgan fingerprint density at radius 1 is 1.05 bits per heavy atom. The molecule has 0 amide bonds. The van der Waals surface area contributed by atoms with Crippen LogP contribution in [-0.2, 0) is 0 Å². The molecule has 0 bridgehead atoms. The Morgan fingerprint density at radius 2 is 1.81 bits per heavy atom. The lowest BCUT2D eigenvalue weighted by Gasteiger charge is -2.35. The van der Waals surface area contributed by atoms with Crippen molar-refractivity contribution in [3.63, 3.8) is 0 Å². The molecule has 0 radical (unpaired) electrons. The van der Waals surface area contributed by atoms with Gasteiger partial charge in [0, 0.05) is 0 Å². The van der Waals surface area contributed by atoms with Gasteiger partial charge in [0.05, 0.1) is 23.0 Å². The summed E-state index contributed by atoms with van der Waals surface area (Å²) in [5.41, 5.74) is 3.31. The van der Waals surface area contributed by atoms with Gasteiger partial charge >= 0.3 is 0 Å². The molecule has 1 aliphatic rings. The summed E-state index contributed by atoms with van der Waals surface area (Å²) in [6, 6.07) is 13.6. The first-order valence-corrected chi connectivity index (χ1v) is 7.56. The van der Waals surface area contributed by atoms with Gasteiger partial charge in [0.25, 0.3) is 0 Å². The molecule has 3 rings (SSSR count). The molecular formula is C17H15Cl2NO. The maximum atomic E-state index is 12.0. The molecule has 0 spiro atoms. The van der Waals surface area contributed by atoms with Crippen LogP contribution in [0.15, 0.2) is 48.5 Å². The first-order valence-electron chi connectivity index (χ1n) is 6.80. The Balaban J connectivity index is 2.15. The summed E-state index contributed by atoms with van der Waals surface area (Å²) in [6.07, 6.45) is 4.01. The van der Waals surface area contributed by atoms with E-state index in [2.05, 4.69) is 12.1 Å². The Morgan fingerprint density at radius 3 is 2.52 bits per heavy atom. The van der Waals surface area contributed by atoms with E-state index in [4.69, 9.17) is 23.2 Å². The highest BCUT2D eigenvalue weighted by Gasteiger charge is 2.31. The fourth-order valence-corrected chi connectivity index (χ4v) is 3.23. The Bertz CT molecular complexity index is 697. The van der Waals surface area contributed by atoms with Crippen LogP contribution in [0.25, 0.3) is 6.08 Å². The first kappa shape index (κ1) is 14.6. The van der Waals surface area contributed by atoms with Crippen LogP contribution in [0.4, 0.5) is 0 Å². The zero-order valence-electron chi connectivity index (χ0n) is 11.5. The number of rotatable bonds is 2. The van der Waals surface area contributed by atoms with Gasteiger partial charge in [-0.05, 0) is 34.9 Å². The minimum absolute atomic E-state index is 0.0153. The van der Waals surface area contributed by atoms with E-state index in [0.29, 0.717) is 10.0 Å². The molecule has 1 N–H and O–H groups in total. The van der Waals surface area contributed by atoms with E-state index in [-0.39, 0.29) is 17.0 Å². The summed E-state index contributed by atoms with van der Waals surface area (Å²) < 4.78 is 0. The third-order valence-electron chi connectivity index (χ3n) is 3.95. The Hall–Kier alpha value is -1.32. The molecule has 0 aromatic heterocycles. The predicted molar refractivity (Wildman–Crippen MR) is 87.8 cm³/mol. The van der Waals surface area contributed by atoms with Crippen molar-refractivity contribution in [2.45, 2.75) is 12.0 Å². The molecule has 0 saturated heterocycles. The number of quaternary nitrogens is 1. The molecule has 2 aromatic rings. The maximum absolute atomic E-state index is 12.0. The molecule has 0 fully saturated rings. The number of halogens is 2. The number of likely N-dealkylation sites (N-methyl/N-ethyl adjacent to an activating group) is 1. The van der Waals surface area contributed by atoms with Crippen LogP contribution in [0.2, 0.25) is 10.0 Å². The molecule has 3 atom stereocenters. The van der Waals surface area contributed by atoms with Crippen molar-refractivity contribution in [3.8, 4) is 0 Å². The van der Waals surface area contributed by atoms with E-state index in [1.165, 1.54) is 0 Å². The van der Waals surface area contributed by atoms with E-state index >= 15 is 0 Å². The monoisotopic (exact) mass is 319 g/mol. The molecule has 4 heteroatoms. The fourth-order valence-electron chi connectivity index (χ4n) is 2.92. The van der Waals surface area contributed by atoms with Crippen molar-refractivity contribution in [3.05, 3.63) is 80.5 Å². The number of benzene rings is 2. The molecular weight excluding hydrogens is 305 g/mol. The molecule has 2 aromatic carbocycles. The molecule has 21 heavy (non-hydrogen) atoms. The SMILES string of the molecule is C[NH+]([O-])C1C=Cc2ccccc2C1c1ccc(Cl)c(Cl)c1. The number of hydrogen-bond donors (Lipinski definition) is 1. The summed E-state index contributed by atoms with van der Waals surface area (Å²) in [5.74, 6) is -0.0153. The molecule has 2 nitrogen and oxygen atoms in total. The van der Waals surface area contributed by atoms with Crippen LogP contribution in [0.1, 0.15) is 22.6 Å². The zero-order valence-corrected chi connectivity index (χ0v) is 13.0. The molecule has 0 aliphatic heterocycles. The van der Waals surface area contributed by atoms with Gasteiger partial charge in [-0.15, -0.1) is 0 Å². The Labute approximate surface area is 134 Å². The third-order valence-corrected chi connectivity index (χ3v) is 4.68. The molecule has 1 aliphatic carbocycles. The second-order valence-corrected chi connectivity index (χ2v) is 6.09. The van der Waals surface area contributed by atoms with Crippen LogP contribution in [0.5, 0.6) is 0 Å². The van der Waals surface area contributed by atoms with Gasteiger partial charge in [-0.2, -0.15) is 0 Å². The summed E-state index contributed by atoms with van der Waals surface area (Å²) in [4.78, 5) is 0. The summed E-state index contributed by atoms with van der Waals surface area (Å²) >= 11 is 12.2. The van der Waals surface area contributed by atoms with Crippen LogP contribution < -0.4 is 5.06 Å².